The molecule has 2 heterocycles. The normalized spacial score (nSPS) is 28.6. The van der Waals surface area contributed by atoms with Crippen LogP contribution >= 0.6 is 0 Å². The van der Waals surface area contributed by atoms with Crippen molar-refractivity contribution in [3.8, 4) is 0 Å². The number of piperidine rings is 1. The van der Waals surface area contributed by atoms with Gasteiger partial charge in [0, 0.05) is 25.5 Å². The Kier molecular flexibility index (Phi) is 5.01. The Balaban J connectivity index is 1.10. The number of imide groups is 1. The molecule has 0 aromatic heterocycles. The highest BCUT2D eigenvalue weighted by Crippen LogP contribution is 2.59. The number of benzene rings is 1. The highest BCUT2D eigenvalue weighted by atomic mass is 16.6. The minimum atomic E-state index is -0.802. The number of hydrogen-bond donors (Lipinski definition) is 2. The lowest BCUT2D eigenvalue weighted by atomic mass is 9.51. The Labute approximate surface area is 181 Å². The first-order valence-corrected chi connectivity index (χ1v) is 11.3. The molecule has 2 aliphatic carbocycles. The van der Waals surface area contributed by atoms with Crippen LogP contribution in [0, 0.1) is 16.5 Å². The van der Waals surface area contributed by atoms with Crippen molar-refractivity contribution in [2.45, 2.75) is 70.5 Å². The van der Waals surface area contributed by atoms with E-state index in [2.05, 4.69) is 10.6 Å². The standard InChI is InChI=1S/C23H29N3O5/c27-20-5-4-18(21(28)25-20)26(30)14-17-3-2-15(10-19(17)26)13-24-22(29)31-9-6-16-11-23(12-16)7-1-8-23/h2-3,10,16,18H,1,4-9,11-14H2,(H,24,29)(H,25,27,28). The lowest BCUT2D eigenvalue weighted by Gasteiger charge is -2.54. The van der Waals surface area contributed by atoms with Crippen LogP contribution in [0.1, 0.15) is 62.5 Å². The number of ether oxygens (including phenoxy) is 1. The Morgan fingerprint density at radius 1 is 1.29 bits per heavy atom. The number of rotatable bonds is 6. The molecule has 3 fully saturated rings. The van der Waals surface area contributed by atoms with Gasteiger partial charge >= 0.3 is 6.09 Å². The van der Waals surface area contributed by atoms with Crippen molar-refractivity contribution in [1.29, 1.82) is 0 Å². The Morgan fingerprint density at radius 3 is 2.81 bits per heavy atom. The molecule has 4 aliphatic rings. The number of carbonyl (C=O) groups is 3. The SMILES string of the molecule is O=C1CCC([N+]2([O-])Cc3ccc(CNC(=O)OCCC4CC5(CCC5)C4)cc32)C(=O)N1. The molecule has 2 unspecified atom stereocenters. The second-order valence-electron chi connectivity index (χ2n) is 9.79. The third-order valence-electron chi connectivity index (χ3n) is 7.73. The molecule has 1 saturated heterocycles. The monoisotopic (exact) mass is 427 g/mol. The molecule has 31 heavy (non-hydrogen) atoms. The van der Waals surface area contributed by atoms with Crippen LogP contribution < -0.4 is 15.3 Å². The largest absolute Gasteiger partial charge is 0.627 e. The van der Waals surface area contributed by atoms with Crippen molar-refractivity contribution in [2.75, 3.05) is 6.61 Å². The highest BCUT2D eigenvalue weighted by molar-refractivity contribution is 6.01. The first-order valence-electron chi connectivity index (χ1n) is 11.3. The maximum Gasteiger partial charge on any atom is 0.407 e. The van der Waals surface area contributed by atoms with Gasteiger partial charge < -0.3 is 19.9 Å². The van der Waals surface area contributed by atoms with Crippen molar-refractivity contribution in [3.05, 3.63) is 34.5 Å². The predicted molar refractivity (Wildman–Crippen MR) is 113 cm³/mol. The van der Waals surface area contributed by atoms with Gasteiger partial charge in [-0.25, -0.2) is 4.79 Å². The zero-order valence-corrected chi connectivity index (χ0v) is 17.7. The summed E-state index contributed by atoms with van der Waals surface area (Å²) < 4.78 is 4.58. The Hall–Kier alpha value is -2.45. The predicted octanol–water partition coefficient (Wildman–Crippen LogP) is 3.01. The summed E-state index contributed by atoms with van der Waals surface area (Å²) in [7, 11) is 0. The summed E-state index contributed by atoms with van der Waals surface area (Å²) in [6, 6.07) is 4.69. The summed E-state index contributed by atoms with van der Waals surface area (Å²) in [5.74, 6) is -0.139. The van der Waals surface area contributed by atoms with Crippen LogP contribution in [0.3, 0.4) is 0 Å². The van der Waals surface area contributed by atoms with E-state index in [0.29, 0.717) is 23.6 Å². The molecular weight excluding hydrogens is 398 g/mol. The van der Waals surface area contributed by atoms with E-state index in [0.717, 1.165) is 17.5 Å². The number of hydroxylamine groups is 2. The first-order chi connectivity index (χ1) is 14.9. The van der Waals surface area contributed by atoms with Gasteiger partial charge in [0.1, 0.15) is 12.2 Å². The molecule has 2 N–H and O–H groups in total. The summed E-state index contributed by atoms with van der Waals surface area (Å²) in [6.45, 7) is 0.917. The Morgan fingerprint density at radius 2 is 2.10 bits per heavy atom. The second-order valence-corrected chi connectivity index (χ2v) is 9.79. The van der Waals surface area contributed by atoms with Gasteiger partial charge in [-0.2, -0.15) is 0 Å². The number of nitrogens with one attached hydrogen (secondary N) is 2. The molecule has 2 saturated carbocycles. The molecule has 0 radical (unpaired) electrons. The molecule has 1 aromatic rings. The van der Waals surface area contributed by atoms with Crippen molar-refractivity contribution in [1.82, 2.24) is 15.3 Å². The van der Waals surface area contributed by atoms with Gasteiger partial charge in [0.05, 0.1) is 12.2 Å². The van der Waals surface area contributed by atoms with Gasteiger partial charge in [-0.15, -0.1) is 0 Å². The number of hydrogen-bond acceptors (Lipinski definition) is 5. The van der Waals surface area contributed by atoms with E-state index in [-0.39, 0.29) is 31.8 Å². The van der Waals surface area contributed by atoms with Crippen LogP contribution in [0.25, 0.3) is 0 Å². The van der Waals surface area contributed by atoms with E-state index in [1.165, 1.54) is 32.1 Å². The molecule has 166 valence electrons. The summed E-state index contributed by atoms with van der Waals surface area (Å²) in [4.78, 5) is 35.6. The van der Waals surface area contributed by atoms with Gasteiger partial charge in [0.25, 0.3) is 5.91 Å². The lowest BCUT2D eigenvalue weighted by molar-refractivity contribution is -0.137. The summed E-state index contributed by atoms with van der Waals surface area (Å²) in [6.07, 6.45) is 7.60. The van der Waals surface area contributed by atoms with Gasteiger partial charge in [-0.3, -0.25) is 14.9 Å². The van der Waals surface area contributed by atoms with Gasteiger partial charge in [0.2, 0.25) is 5.91 Å². The molecule has 2 aliphatic heterocycles. The third-order valence-corrected chi connectivity index (χ3v) is 7.73. The molecular formula is C23H29N3O5. The molecule has 8 nitrogen and oxygen atoms in total. The van der Waals surface area contributed by atoms with Crippen LogP contribution in [0.5, 0.6) is 0 Å². The van der Waals surface area contributed by atoms with E-state index in [1.54, 1.807) is 6.07 Å². The summed E-state index contributed by atoms with van der Waals surface area (Å²) in [5, 5.41) is 18.3. The zero-order valence-electron chi connectivity index (χ0n) is 17.7. The average molecular weight is 428 g/mol. The fourth-order valence-electron chi connectivity index (χ4n) is 5.81. The van der Waals surface area contributed by atoms with Crippen LogP contribution in [0.15, 0.2) is 18.2 Å². The number of carbonyl (C=O) groups excluding carboxylic acids is 3. The third kappa shape index (κ3) is 3.72. The van der Waals surface area contributed by atoms with Crippen LogP contribution in [0.4, 0.5) is 10.5 Å². The summed E-state index contributed by atoms with van der Waals surface area (Å²) in [5.41, 5.74) is 2.87. The van der Waals surface area contributed by atoms with Crippen molar-refractivity contribution in [2.24, 2.45) is 11.3 Å². The molecule has 2 atom stereocenters. The molecule has 1 aromatic carbocycles. The lowest BCUT2D eigenvalue weighted by Crippen LogP contribution is -2.65. The topological polar surface area (TPSA) is 108 Å². The molecule has 3 amide bonds. The van der Waals surface area contributed by atoms with E-state index in [9.17, 15) is 19.6 Å². The maximum absolute atomic E-state index is 13.3. The smallest absolute Gasteiger partial charge is 0.407 e. The van der Waals surface area contributed by atoms with E-state index in [1.807, 2.05) is 12.1 Å². The second kappa shape index (κ2) is 7.60. The number of quaternary nitrogens is 1. The van der Waals surface area contributed by atoms with Crippen molar-refractivity contribution < 1.29 is 19.1 Å². The minimum absolute atomic E-state index is 0.183. The van der Waals surface area contributed by atoms with Crippen molar-refractivity contribution >= 4 is 23.6 Å². The van der Waals surface area contributed by atoms with E-state index < -0.39 is 22.7 Å². The van der Waals surface area contributed by atoms with Crippen molar-refractivity contribution in [3.63, 3.8) is 0 Å². The Bertz CT molecular complexity index is 920. The zero-order chi connectivity index (χ0) is 21.6. The first kappa shape index (κ1) is 20.5. The summed E-state index contributed by atoms with van der Waals surface area (Å²) >= 11 is 0. The number of fused-ring (bicyclic) bond motifs is 1. The fourth-order valence-corrected chi connectivity index (χ4v) is 5.81. The van der Waals surface area contributed by atoms with E-state index in [4.69, 9.17) is 4.74 Å². The molecule has 8 heteroatoms. The van der Waals surface area contributed by atoms with Gasteiger partial charge in [-0.1, -0.05) is 12.5 Å². The maximum atomic E-state index is 13.3. The van der Waals surface area contributed by atoms with Crippen LogP contribution in [-0.2, 0) is 27.4 Å². The molecule has 0 bridgehead atoms. The van der Waals surface area contributed by atoms with Gasteiger partial charge in [0.15, 0.2) is 6.04 Å². The fraction of sp³-hybridized carbons (Fsp3) is 0.609. The van der Waals surface area contributed by atoms with Crippen LogP contribution in [-0.4, -0.2) is 30.6 Å². The number of nitrogens with zero attached hydrogens (tertiary/aromatic N) is 1. The minimum Gasteiger partial charge on any atom is -0.627 e. The molecule has 1 spiro atoms. The highest BCUT2D eigenvalue weighted by Gasteiger charge is 2.48. The average Bonchev–Trinajstić information content (AvgIpc) is 2.66. The number of amides is 3. The molecule has 5 rings (SSSR count). The van der Waals surface area contributed by atoms with Crippen LogP contribution in [0.2, 0.25) is 0 Å². The number of alkyl carbamates (subject to hydrolysis) is 1. The van der Waals surface area contributed by atoms with Gasteiger partial charge in [-0.05, 0) is 55.1 Å². The quantitative estimate of drug-likeness (QED) is 0.412. The van der Waals surface area contributed by atoms with E-state index >= 15 is 0 Å².